The summed E-state index contributed by atoms with van der Waals surface area (Å²) in [5.74, 6) is 0.539. The van der Waals surface area contributed by atoms with Crippen molar-refractivity contribution in [3.05, 3.63) is 18.7 Å². The summed E-state index contributed by atoms with van der Waals surface area (Å²) in [6.45, 7) is 6.34. The molecule has 0 saturated heterocycles. The predicted molar refractivity (Wildman–Crippen MR) is 59.7 cm³/mol. The van der Waals surface area contributed by atoms with E-state index in [2.05, 4.69) is 24.1 Å². The molecular weight excluding hydrogens is 190 g/mol. The number of rotatable bonds is 4. The molecule has 84 valence electrons. The van der Waals surface area contributed by atoms with Crippen LogP contribution in [0.3, 0.4) is 0 Å². The Morgan fingerprint density at radius 1 is 1.47 bits per heavy atom. The highest BCUT2D eigenvalue weighted by molar-refractivity contribution is 5.76. The van der Waals surface area contributed by atoms with Crippen molar-refractivity contribution in [3.63, 3.8) is 0 Å². The Labute approximate surface area is 90.7 Å². The first kappa shape index (κ1) is 11.8. The highest BCUT2D eigenvalue weighted by Crippen LogP contribution is 2.12. The van der Waals surface area contributed by atoms with Crippen LogP contribution in [0.4, 0.5) is 4.79 Å². The topological polar surface area (TPSA) is 46.9 Å². The van der Waals surface area contributed by atoms with Crippen LogP contribution in [0.5, 0.6) is 0 Å². The summed E-state index contributed by atoms with van der Waals surface area (Å²) >= 11 is 0. The molecule has 0 aliphatic carbocycles. The van der Waals surface area contributed by atoms with Crippen molar-refractivity contribution in [2.24, 2.45) is 5.92 Å². The van der Waals surface area contributed by atoms with E-state index in [4.69, 9.17) is 0 Å². The molecule has 0 aliphatic rings. The van der Waals surface area contributed by atoms with E-state index in [1.807, 2.05) is 6.92 Å². The third kappa shape index (κ3) is 3.08. The first-order valence-electron chi connectivity index (χ1n) is 5.47. The molecule has 4 nitrogen and oxygen atoms in total. The Morgan fingerprint density at radius 3 is 2.60 bits per heavy atom. The third-order valence-corrected chi connectivity index (χ3v) is 2.85. The normalized spacial score (nSPS) is 12.8. The molecule has 0 saturated carbocycles. The lowest BCUT2D eigenvalue weighted by Crippen LogP contribution is -2.39. The summed E-state index contributed by atoms with van der Waals surface area (Å²) in [5, 5.41) is 2.97. The van der Waals surface area contributed by atoms with Crippen molar-refractivity contribution >= 4 is 6.03 Å². The van der Waals surface area contributed by atoms with Crippen LogP contribution < -0.4 is 5.32 Å². The summed E-state index contributed by atoms with van der Waals surface area (Å²) in [6.07, 6.45) is 6.93. The van der Waals surface area contributed by atoms with Crippen molar-refractivity contribution in [3.8, 4) is 0 Å². The zero-order valence-corrected chi connectivity index (χ0v) is 9.60. The Morgan fingerprint density at radius 2 is 2.13 bits per heavy atom. The summed E-state index contributed by atoms with van der Waals surface area (Å²) in [7, 11) is 0. The quantitative estimate of drug-likeness (QED) is 0.826. The molecule has 0 aromatic carbocycles. The second-order valence-corrected chi connectivity index (χ2v) is 3.78. The average molecular weight is 209 g/mol. The molecule has 0 radical (unpaired) electrons. The van der Waals surface area contributed by atoms with Crippen LogP contribution in [0.25, 0.3) is 0 Å². The number of carbonyl (C=O) groups is 1. The van der Waals surface area contributed by atoms with Crippen LogP contribution in [-0.2, 0) is 0 Å². The third-order valence-electron chi connectivity index (χ3n) is 2.85. The van der Waals surface area contributed by atoms with Gasteiger partial charge in [0.15, 0.2) is 0 Å². The molecule has 1 aromatic rings. The van der Waals surface area contributed by atoms with Crippen molar-refractivity contribution in [2.75, 3.05) is 0 Å². The fourth-order valence-corrected chi connectivity index (χ4v) is 1.76. The maximum Gasteiger partial charge on any atom is 0.327 e. The van der Waals surface area contributed by atoms with Gasteiger partial charge in [-0.25, -0.2) is 9.78 Å². The molecule has 1 amide bonds. The van der Waals surface area contributed by atoms with E-state index in [-0.39, 0.29) is 12.1 Å². The molecule has 1 heterocycles. The fourth-order valence-electron chi connectivity index (χ4n) is 1.76. The minimum atomic E-state index is -0.105. The molecule has 1 aromatic heterocycles. The minimum absolute atomic E-state index is 0.105. The van der Waals surface area contributed by atoms with Gasteiger partial charge in [-0.15, -0.1) is 0 Å². The number of imidazole rings is 1. The van der Waals surface area contributed by atoms with E-state index in [0.717, 1.165) is 12.8 Å². The highest BCUT2D eigenvalue weighted by Gasteiger charge is 2.16. The molecule has 0 fully saturated rings. The molecule has 15 heavy (non-hydrogen) atoms. The predicted octanol–water partition coefficient (Wildman–Crippen LogP) is 2.27. The first-order chi connectivity index (χ1) is 7.19. The van der Waals surface area contributed by atoms with Crippen LogP contribution >= 0.6 is 0 Å². The minimum Gasteiger partial charge on any atom is -0.335 e. The van der Waals surface area contributed by atoms with Crippen molar-refractivity contribution in [1.82, 2.24) is 14.9 Å². The number of amides is 1. The maximum atomic E-state index is 11.7. The van der Waals surface area contributed by atoms with Gasteiger partial charge in [0.25, 0.3) is 0 Å². The van der Waals surface area contributed by atoms with E-state index in [1.165, 1.54) is 10.9 Å². The number of aromatic nitrogens is 2. The van der Waals surface area contributed by atoms with Crippen LogP contribution in [0.1, 0.15) is 33.6 Å². The highest BCUT2D eigenvalue weighted by atomic mass is 16.2. The number of carbonyl (C=O) groups excluding carboxylic acids is 1. The number of nitrogens with one attached hydrogen (secondary N) is 1. The Bertz CT molecular complexity index is 291. The van der Waals surface area contributed by atoms with Gasteiger partial charge in [-0.1, -0.05) is 26.7 Å². The lowest BCUT2D eigenvalue weighted by molar-refractivity contribution is 0.233. The van der Waals surface area contributed by atoms with Gasteiger partial charge in [0.1, 0.15) is 6.33 Å². The van der Waals surface area contributed by atoms with Gasteiger partial charge in [-0.2, -0.15) is 0 Å². The molecular formula is C11H19N3O. The summed E-state index contributed by atoms with van der Waals surface area (Å²) in [6, 6.07) is 0.0989. The van der Waals surface area contributed by atoms with Gasteiger partial charge in [0, 0.05) is 18.4 Å². The summed E-state index contributed by atoms with van der Waals surface area (Å²) in [4.78, 5) is 15.5. The summed E-state index contributed by atoms with van der Waals surface area (Å²) < 4.78 is 1.46. The van der Waals surface area contributed by atoms with Crippen LogP contribution in [0.2, 0.25) is 0 Å². The van der Waals surface area contributed by atoms with E-state index >= 15 is 0 Å². The molecule has 0 spiro atoms. The number of hydrogen-bond acceptors (Lipinski definition) is 2. The number of hydrogen-bond donors (Lipinski definition) is 1. The SMILES string of the molecule is CCC(CC)C(C)NC(=O)n1ccnc1. The fraction of sp³-hybridized carbons (Fsp3) is 0.636. The molecule has 0 aliphatic heterocycles. The summed E-state index contributed by atoms with van der Waals surface area (Å²) in [5.41, 5.74) is 0. The monoisotopic (exact) mass is 209 g/mol. The second kappa shape index (κ2) is 5.53. The molecule has 1 rings (SSSR count). The van der Waals surface area contributed by atoms with Crippen LogP contribution in [0, 0.1) is 5.92 Å². The van der Waals surface area contributed by atoms with E-state index in [1.54, 1.807) is 12.4 Å². The molecule has 0 bridgehead atoms. The molecule has 4 heteroatoms. The van der Waals surface area contributed by atoms with Gasteiger partial charge in [-0.3, -0.25) is 4.57 Å². The van der Waals surface area contributed by atoms with Gasteiger partial charge >= 0.3 is 6.03 Å². The van der Waals surface area contributed by atoms with E-state index in [9.17, 15) is 4.79 Å². The Kier molecular flexibility index (Phi) is 4.34. The van der Waals surface area contributed by atoms with Gasteiger partial charge in [-0.05, 0) is 12.8 Å². The standard InChI is InChI=1S/C11H19N3O/c1-4-10(5-2)9(3)13-11(15)14-7-6-12-8-14/h6-10H,4-5H2,1-3H3,(H,13,15). The lowest BCUT2D eigenvalue weighted by atomic mass is 9.96. The molecule has 1 atom stereocenters. The smallest absolute Gasteiger partial charge is 0.327 e. The largest absolute Gasteiger partial charge is 0.335 e. The van der Waals surface area contributed by atoms with Crippen molar-refractivity contribution in [2.45, 2.75) is 39.7 Å². The average Bonchev–Trinajstić information content (AvgIpc) is 2.72. The van der Waals surface area contributed by atoms with E-state index in [0.29, 0.717) is 5.92 Å². The van der Waals surface area contributed by atoms with E-state index < -0.39 is 0 Å². The lowest BCUT2D eigenvalue weighted by Gasteiger charge is -2.22. The zero-order valence-electron chi connectivity index (χ0n) is 9.60. The zero-order chi connectivity index (χ0) is 11.3. The molecule has 1 unspecified atom stereocenters. The first-order valence-corrected chi connectivity index (χ1v) is 5.47. The Hall–Kier alpha value is -1.32. The maximum absolute atomic E-state index is 11.7. The molecule has 1 N–H and O–H groups in total. The van der Waals surface area contributed by atoms with Gasteiger partial charge < -0.3 is 5.32 Å². The van der Waals surface area contributed by atoms with Gasteiger partial charge in [0.05, 0.1) is 0 Å². The van der Waals surface area contributed by atoms with Crippen molar-refractivity contribution < 1.29 is 4.79 Å². The van der Waals surface area contributed by atoms with Crippen LogP contribution in [-0.4, -0.2) is 21.6 Å². The van der Waals surface area contributed by atoms with Crippen molar-refractivity contribution in [1.29, 1.82) is 0 Å². The van der Waals surface area contributed by atoms with Gasteiger partial charge in [0.2, 0.25) is 0 Å². The Balaban J connectivity index is 2.51. The second-order valence-electron chi connectivity index (χ2n) is 3.78. The van der Waals surface area contributed by atoms with Crippen LogP contribution in [0.15, 0.2) is 18.7 Å². The number of nitrogens with zero attached hydrogens (tertiary/aromatic N) is 2.